The van der Waals surface area contributed by atoms with E-state index in [-0.39, 0.29) is 5.78 Å². The number of nitrogens with zero attached hydrogens (tertiary/aromatic N) is 1. The van der Waals surface area contributed by atoms with E-state index in [0.717, 1.165) is 18.5 Å². The van der Waals surface area contributed by atoms with Crippen LogP contribution in [-0.4, -0.2) is 10.4 Å². The lowest BCUT2D eigenvalue weighted by Gasteiger charge is -2.08. The monoisotopic (exact) mass is 277 g/mol. The highest BCUT2D eigenvalue weighted by Gasteiger charge is 2.07. The predicted molar refractivity (Wildman–Crippen MR) is 86.7 cm³/mol. The van der Waals surface area contributed by atoms with Crippen LogP contribution in [-0.2, 0) is 6.54 Å². The molecule has 2 nitrogen and oxygen atoms in total. The fraction of sp³-hybridized carbons (Fsp3) is 0.211. The second-order valence-corrected chi connectivity index (χ2v) is 5.39. The molecule has 21 heavy (non-hydrogen) atoms. The lowest BCUT2D eigenvalue weighted by molar-refractivity contribution is 0.0978. The average Bonchev–Trinajstić information content (AvgIpc) is 2.84. The van der Waals surface area contributed by atoms with Gasteiger partial charge < -0.3 is 4.57 Å². The van der Waals surface area contributed by atoms with E-state index < -0.39 is 0 Å². The molecule has 2 heteroatoms. The summed E-state index contributed by atoms with van der Waals surface area (Å²) in [6.45, 7) is 3.01. The normalized spacial score (nSPS) is 10.9. The van der Waals surface area contributed by atoms with Crippen LogP contribution in [0.3, 0.4) is 0 Å². The van der Waals surface area contributed by atoms with Gasteiger partial charge in [0.15, 0.2) is 5.78 Å². The molecule has 0 saturated carbocycles. The maximum Gasteiger partial charge on any atom is 0.162 e. The molecule has 3 rings (SSSR count). The quantitative estimate of drug-likeness (QED) is 0.624. The molecule has 0 aliphatic heterocycles. The van der Waals surface area contributed by atoms with Crippen LogP contribution in [0.1, 0.15) is 28.9 Å². The second-order valence-electron chi connectivity index (χ2n) is 5.39. The first-order valence-corrected chi connectivity index (χ1v) is 7.39. The maximum absolute atomic E-state index is 12.1. The van der Waals surface area contributed by atoms with Crippen LogP contribution in [0, 0.1) is 6.92 Å². The molecule has 0 atom stereocenters. The number of fused-ring (bicyclic) bond motifs is 1. The zero-order valence-corrected chi connectivity index (χ0v) is 12.3. The molecule has 3 aromatic rings. The Bertz CT molecular complexity index is 756. The number of hydrogen-bond acceptors (Lipinski definition) is 1. The molecule has 0 N–H and O–H groups in total. The van der Waals surface area contributed by atoms with Crippen LogP contribution < -0.4 is 0 Å². The lowest BCUT2D eigenvalue weighted by atomic mass is 10.1. The van der Waals surface area contributed by atoms with Crippen molar-refractivity contribution < 1.29 is 4.79 Å². The number of aryl methyl sites for hydroxylation is 2. The molecule has 2 aromatic carbocycles. The third-order valence-electron chi connectivity index (χ3n) is 3.90. The van der Waals surface area contributed by atoms with E-state index in [4.69, 9.17) is 0 Å². The Morgan fingerprint density at radius 1 is 1.00 bits per heavy atom. The number of ketones is 1. The summed E-state index contributed by atoms with van der Waals surface area (Å²) < 4.78 is 2.30. The van der Waals surface area contributed by atoms with Gasteiger partial charge in [0.2, 0.25) is 0 Å². The van der Waals surface area contributed by atoms with E-state index in [9.17, 15) is 4.79 Å². The number of aromatic nitrogens is 1. The lowest BCUT2D eigenvalue weighted by Crippen LogP contribution is -2.04. The Morgan fingerprint density at radius 2 is 1.71 bits per heavy atom. The van der Waals surface area contributed by atoms with Crippen LogP contribution in [0.4, 0.5) is 0 Å². The van der Waals surface area contributed by atoms with Gasteiger partial charge in [-0.1, -0.05) is 48.5 Å². The summed E-state index contributed by atoms with van der Waals surface area (Å²) in [5, 5.41) is 1.27. The molecular formula is C19H19NO. The Morgan fingerprint density at radius 3 is 2.52 bits per heavy atom. The van der Waals surface area contributed by atoms with Crippen LogP contribution in [0.25, 0.3) is 10.9 Å². The summed E-state index contributed by atoms with van der Waals surface area (Å²) >= 11 is 0. The molecule has 0 aliphatic rings. The van der Waals surface area contributed by atoms with E-state index in [1.165, 1.54) is 16.6 Å². The minimum absolute atomic E-state index is 0.227. The van der Waals surface area contributed by atoms with Crippen molar-refractivity contribution in [2.24, 2.45) is 0 Å². The van der Waals surface area contributed by atoms with E-state index >= 15 is 0 Å². The highest BCUT2D eigenvalue weighted by molar-refractivity contribution is 5.95. The fourth-order valence-corrected chi connectivity index (χ4v) is 2.81. The number of para-hydroxylation sites is 1. The molecule has 0 spiro atoms. The first-order valence-electron chi connectivity index (χ1n) is 7.39. The molecule has 0 unspecified atom stereocenters. The molecule has 0 saturated heterocycles. The van der Waals surface area contributed by atoms with Crippen molar-refractivity contribution in [3.63, 3.8) is 0 Å². The average molecular weight is 277 g/mol. The van der Waals surface area contributed by atoms with Crippen LogP contribution in [0.2, 0.25) is 0 Å². The van der Waals surface area contributed by atoms with Crippen molar-refractivity contribution in [2.45, 2.75) is 26.3 Å². The standard InChI is InChI=1S/C19H19NO/c1-15-14-17-10-5-6-11-18(17)20(15)13-7-12-19(21)16-8-3-2-4-9-16/h2-6,8-11,14H,7,12-13H2,1H3. The maximum atomic E-state index is 12.1. The van der Waals surface area contributed by atoms with Crippen molar-refractivity contribution in [3.8, 4) is 0 Å². The van der Waals surface area contributed by atoms with E-state index in [0.29, 0.717) is 6.42 Å². The largest absolute Gasteiger partial charge is 0.345 e. The summed E-state index contributed by atoms with van der Waals surface area (Å²) in [6, 6.07) is 20.1. The number of Topliss-reactive ketones (excluding diaryl/α,β-unsaturated/α-hetero) is 1. The molecule has 0 aliphatic carbocycles. The summed E-state index contributed by atoms with van der Waals surface area (Å²) in [4.78, 5) is 12.1. The van der Waals surface area contributed by atoms with Gasteiger partial charge in [0, 0.05) is 29.7 Å². The van der Waals surface area contributed by atoms with Crippen LogP contribution in [0.5, 0.6) is 0 Å². The van der Waals surface area contributed by atoms with Gasteiger partial charge in [-0.3, -0.25) is 4.79 Å². The summed E-state index contributed by atoms with van der Waals surface area (Å²) in [5.41, 5.74) is 3.32. The minimum atomic E-state index is 0.227. The van der Waals surface area contributed by atoms with Gasteiger partial charge in [-0.2, -0.15) is 0 Å². The van der Waals surface area contributed by atoms with Gasteiger partial charge in [0.05, 0.1) is 0 Å². The van der Waals surface area contributed by atoms with Crippen molar-refractivity contribution >= 4 is 16.7 Å². The number of benzene rings is 2. The van der Waals surface area contributed by atoms with Gasteiger partial charge in [-0.05, 0) is 30.9 Å². The molecule has 0 fully saturated rings. The molecule has 0 bridgehead atoms. The van der Waals surface area contributed by atoms with Gasteiger partial charge in [0.25, 0.3) is 0 Å². The summed E-state index contributed by atoms with van der Waals surface area (Å²) in [7, 11) is 0. The number of carbonyl (C=O) groups is 1. The number of rotatable bonds is 5. The Kier molecular flexibility index (Phi) is 3.87. The highest BCUT2D eigenvalue weighted by Crippen LogP contribution is 2.20. The highest BCUT2D eigenvalue weighted by atomic mass is 16.1. The SMILES string of the molecule is Cc1cc2ccccc2n1CCCC(=O)c1ccccc1. The van der Waals surface area contributed by atoms with Crippen molar-refractivity contribution in [2.75, 3.05) is 0 Å². The van der Waals surface area contributed by atoms with E-state index in [2.05, 4.69) is 41.8 Å². The molecular weight excluding hydrogens is 258 g/mol. The third kappa shape index (κ3) is 2.89. The number of carbonyl (C=O) groups excluding carboxylic acids is 1. The minimum Gasteiger partial charge on any atom is -0.345 e. The zero-order valence-electron chi connectivity index (χ0n) is 12.3. The van der Waals surface area contributed by atoms with Crippen molar-refractivity contribution in [3.05, 3.63) is 71.9 Å². The van der Waals surface area contributed by atoms with E-state index in [1.54, 1.807) is 0 Å². The summed E-state index contributed by atoms with van der Waals surface area (Å²) in [6.07, 6.45) is 1.46. The fourth-order valence-electron chi connectivity index (χ4n) is 2.81. The van der Waals surface area contributed by atoms with Crippen LogP contribution in [0.15, 0.2) is 60.7 Å². The van der Waals surface area contributed by atoms with Crippen molar-refractivity contribution in [1.82, 2.24) is 4.57 Å². The topological polar surface area (TPSA) is 22.0 Å². The van der Waals surface area contributed by atoms with E-state index in [1.807, 2.05) is 30.3 Å². The summed E-state index contributed by atoms with van der Waals surface area (Å²) in [5.74, 6) is 0.227. The predicted octanol–water partition coefficient (Wildman–Crippen LogP) is 4.61. The first-order chi connectivity index (χ1) is 10.3. The Labute approximate surface area is 125 Å². The first kappa shape index (κ1) is 13.6. The molecule has 1 heterocycles. The second kappa shape index (κ2) is 5.96. The van der Waals surface area contributed by atoms with Crippen LogP contribution >= 0.6 is 0 Å². The van der Waals surface area contributed by atoms with Crippen molar-refractivity contribution in [1.29, 1.82) is 0 Å². The third-order valence-corrected chi connectivity index (χ3v) is 3.90. The molecule has 106 valence electrons. The van der Waals surface area contributed by atoms with Gasteiger partial charge in [-0.15, -0.1) is 0 Å². The molecule has 1 aromatic heterocycles. The smallest absolute Gasteiger partial charge is 0.162 e. The van der Waals surface area contributed by atoms with Gasteiger partial charge in [-0.25, -0.2) is 0 Å². The number of hydrogen-bond donors (Lipinski definition) is 0. The zero-order chi connectivity index (χ0) is 14.7. The Hall–Kier alpha value is -2.35. The van der Waals surface area contributed by atoms with Gasteiger partial charge in [0.1, 0.15) is 0 Å². The van der Waals surface area contributed by atoms with Gasteiger partial charge >= 0.3 is 0 Å². The molecule has 0 radical (unpaired) electrons. The Balaban J connectivity index is 1.67. The molecule has 0 amide bonds.